The number of hydrogen-bond acceptors (Lipinski definition) is 3. The van der Waals surface area contributed by atoms with Gasteiger partial charge in [-0.15, -0.1) is 0 Å². The summed E-state index contributed by atoms with van der Waals surface area (Å²) >= 11 is 0. The highest BCUT2D eigenvalue weighted by Crippen LogP contribution is 2.28. The van der Waals surface area contributed by atoms with E-state index in [1.807, 2.05) is 0 Å². The zero-order chi connectivity index (χ0) is 16.6. The fourth-order valence-electron chi connectivity index (χ4n) is 2.55. The van der Waals surface area contributed by atoms with Gasteiger partial charge in [0.05, 0.1) is 23.5 Å². The number of hydrogen-bond donors (Lipinski definition) is 1. The molecule has 0 unspecified atom stereocenters. The topological polar surface area (TPSA) is 67.2 Å². The zero-order valence-electron chi connectivity index (χ0n) is 12.3. The van der Waals surface area contributed by atoms with Crippen LogP contribution in [0.1, 0.15) is 6.42 Å². The zero-order valence-corrected chi connectivity index (χ0v) is 12.3. The van der Waals surface area contributed by atoms with E-state index in [1.54, 1.807) is 13.2 Å². The van der Waals surface area contributed by atoms with Crippen molar-refractivity contribution < 1.29 is 18.4 Å². The van der Waals surface area contributed by atoms with Crippen LogP contribution in [0.3, 0.4) is 0 Å². The molecular formula is C15H14F2N4O2. The second-order valence-corrected chi connectivity index (χ2v) is 5.39. The summed E-state index contributed by atoms with van der Waals surface area (Å²) < 4.78 is 28.3. The predicted molar refractivity (Wildman–Crippen MR) is 78.7 cm³/mol. The molecule has 0 bridgehead atoms. The molecule has 1 aliphatic rings. The van der Waals surface area contributed by atoms with E-state index >= 15 is 0 Å². The Labute approximate surface area is 130 Å². The highest BCUT2D eigenvalue weighted by Gasteiger charge is 2.36. The fraction of sp³-hybridized carbons (Fsp3) is 0.267. The van der Waals surface area contributed by atoms with E-state index in [9.17, 15) is 18.4 Å². The van der Waals surface area contributed by atoms with Crippen molar-refractivity contribution >= 4 is 23.2 Å². The molecule has 1 aromatic heterocycles. The van der Waals surface area contributed by atoms with Gasteiger partial charge in [-0.3, -0.25) is 14.3 Å². The smallest absolute Gasteiger partial charge is 0.229 e. The maximum absolute atomic E-state index is 13.8. The molecule has 3 rings (SSSR count). The van der Waals surface area contributed by atoms with Crippen LogP contribution in [0.25, 0.3) is 0 Å². The van der Waals surface area contributed by atoms with Gasteiger partial charge < -0.3 is 10.2 Å². The van der Waals surface area contributed by atoms with Gasteiger partial charge in [-0.2, -0.15) is 5.10 Å². The van der Waals surface area contributed by atoms with Crippen LogP contribution in [0.2, 0.25) is 0 Å². The number of nitrogens with zero attached hydrogens (tertiary/aromatic N) is 3. The van der Waals surface area contributed by atoms with Crippen molar-refractivity contribution in [2.75, 3.05) is 16.8 Å². The number of aryl methyl sites for hydroxylation is 1. The van der Waals surface area contributed by atoms with E-state index in [4.69, 9.17) is 0 Å². The maximum Gasteiger partial charge on any atom is 0.229 e. The number of benzene rings is 1. The van der Waals surface area contributed by atoms with Gasteiger partial charge in [0.25, 0.3) is 0 Å². The fourth-order valence-corrected chi connectivity index (χ4v) is 2.55. The molecule has 1 saturated heterocycles. The Morgan fingerprint density at radius 3 is 2.83 bits per heavy atom. The average molecular weight is 320 g/mol. The minimum Gasteiger partial charge on any atom is -0.323 e. The molecule has 0 saturated carbocycles. The maximum atomic E-state index is 13.8. The lowest BCUT2D eigenvalue weighted by Crippen LogP contribution is -2.28. The molecule has 1 fully saturated rings. The molecule has 2 heterocycles. The van der Waals surface area contributed by atoms with Crippen molar-refractivity contribution in [1.29, 1.82) is 0 Å². The second kappa shape index (κ2) is 5.79. The van der Waals surface area contributed by atoms with Crippen molar-refractivity contribution in [3.8, 4) is 0 Å². The molecule has 0 spiro atoms. The number of aromatic nitrogens is 2. The Hall–Kier alpha value is -2.77. The second-order valence-electron chi connectivity index (χ2n) is 5.39. The quantitative estimate of drug-likeness (QED) is 0.936. The SMILES string of the molecule is Cn1cc(NC(=O)[C@@H]2CC(=O)N(c3ccc(F)cc3F)C2)cn1. The minimum atomic E-state index is -0.827. The molecule has 8 heteroatoms. The molecule has 1 aromatic carbocycles. The third kappa shape index (κ3) is 3.05. The number of anilines is 2. The Balaban J connectivity index is 1.73. The largest absolute Gasteiger partial charge is 0.323 e. The monoisotopic (exact) mass is 320 g/mol. The van der Waals surface area contributed by atoms with E-state index in [2.05, 4.69) is 10.4 Å². The van der Waals surface area contributed by atoms with Crippen LogP contribution in [-0.4, -0.2) is 28.1 Å². The van der Waals surface area contributed by atoms with Crippen molar-refractivity contribution in [1.82, 2.24) is 9.78 Å². The first-order valence-electron chi connectivity index (χ1n) is 6.99. The summed E-state index contributed by atoms with van der Waals surface area (Å²) in [7, 11) is 1.72. The standard InChI is InChI=1S/C15H14F2N4O2/c1-20-8-11(6-18-20)19-15(23)9-4-14(22)21(7-9)13-3-2-10(16)5-12(13)17/h2-3,5-6,8-9H,4,7H2,1H3,(H,19,23)/t9-/m1/s1. The van der Waals surface area contributed by atoms with E-state index in [-0.39, 0.29) is 30.5 Å². The first-order valence-corrected chi connectivity index (χ1v) is 6.99. The number of amides is 2. The Morgan fingerprint density at radius 1 is 1.39 bits per heavy atom. The number of halogens is 2. The normalized spacial score (nSPS) is 17.6. The van der Waals surface area contributed by atoms with Crippen molar-refractivity contribution in [2.45, 2.75) is 6.42 Å². The summed E-state index contributed by atoms with van der Waals surface area (Å²) in [4.78, 5) is 25.4. The summed E-state index contributed by atoms with van der Waals surface area (Å²) in [6, 6.07) is 2.99. The van der Waals surface area contributed by atoms with Crippen LogP contribution in [0, 0.1) is 17.6 Å². The van der Waals surface area contributed by atoms with E-state index < -0.39 is 17.6 Å². The summed E-state index contributed by atoms with van der Waals surface area (Å²) in [6.45, 7) is 0.0491. The third-order valence-corrected chi connectivity index (χ3v) is 3.67. The van der Waals surface area contributed by atoms with Crippen LogP contribution >= 0.6 is 0 Å². The molecule has 23 heavy (non-hydrogen) atoms. The average Bonchev–Trinajstić information content (AvgIpc) is 3.05. The van der Waals surface area contributed by atoms with Gasteiger partial charge in [-0.25, -0.2) is 8.78 Å². The van der Waals surface area contributed by atoms with Crippen LogP contribution in [0.5, 0.6) is 0 Å². The first kappa shape index (κ1) is 15.1. The highest BCUT2D eigenvalue weighted by atomic mass is 19.1. The van der Waals surface area contributed by atoms with Crippen LogP contribution in [0.4, 0.5) is 20.2 Å². The van der Waals surface area contributed by atoms with Gasteiger partial charge in [0.1, 0.15) is 11.6 Å². The molecule has 1 atom stereocenters. The van der Waals surface area contributed by atoms with E-state index in [0.717, 1.165) is 6.07 Å². The lowest BCUT2D eigenvalue weighted by Gasteiger charge is -2.17. The molecule has 1 N–H and O–H groups in total. The van der Waals surface area contributed by atoms with Gasteiger partial charge in [-0.1, -0.05) is 0 Å². The van der Waals surface area contributed by atoms with Gasteiger partial charge in [0, 0.05) is 32.3 Å². The molecule has 0 radical (unpaired) electrons. The van der Waals surface area contributed by atoms with Gasteiger partial charge in [0.15, 0.2) is 0 Å². The number of carbonyl (C=O) groups excluding carboxylic acids is 2. The molecule has 6 nitrogen and oxygen atoms in total. The van der Waals surface area contributed by atoms with E-state index in [0.29, 0.717) is 11.8 Å². The van der Waals surface area contributed by atoms with Crippen molar-refractivity contribution in [2.24, 2.45) is 13.0 Å². The van der Waals surface area contributed by atoms with Gasteiger partial charge in [-0.05, 0) is 12.1 Å². The van der Waals surface area contributed by atoms with Crippen molar-refractivity contribution in [3.63, 3.8) is 0 Å². The Morgan fingerprint density at radius 2 is 2.17 bits per heavy atom. The van der Waals surface area contributed by atoms with Crippen LogP contribution < -0.4 is 10.2 Å². The Bertz CT molecular complexity index is 775. The van der Waals surface area contributed by atoms with Crippen LogP contribution in [-0.2, 0) is 16.6 Å². The summed E-state index contributed by atoms with van der Waals surface area (Å²) in [6.07, 6.45) is 3.10. The van der Waals surface area contributed by atoms with Gasteiger partial charge in [0.2, 0.25) is 11.8 Å². The Kier molecular flexibility index (Phi) is 3.81. The highest BCUT2D eigenvalue weighted by molar-refractivity contribution is 6.03. The third-order valence-electron chi connectivity index (χ3n) is 3.67. The molecule has 2 amide bonds. The molecule has 0 aliphatic carbocycles. The van der Waals surface area contributed by atoms with Crippen LogP contribution in [0.15, 0.2) is 30.6 Å². The molecule has 2 aromatic rings. The van der Waals surface area contributed by atoms with Gasteiger partial charge >= 0.3 is 0 Å². The van der Waals surface area contributed by atoms with E-state index in [1.165, 1.54) is 21.8 Å². The number of nitrogens with one attached hydrogen (secondary N) is 1. The van der Waals surface area contributed by atoms with Crippen molar-refractivity contribution in [3.05, 3.63) is 42.2 Å². The number of rotatable bonds is 3. The molecule has 120 valence electrons. The first-order chi connectivity index (χ1) is 10.9. The summed E-state index contributed by atoms with van der Waals surface area (Å²) in [5.74, 6) is -2.86. The summed E-state index contributed by atoms with van der Waals surface area (Å²) in [5.41, 5.74) is 0.504. The lowest BCUT2D eigenvalue weighted by molar-refractivity contribution is -0.122. The number of carbonyl (C=O) groups is 2. The molecule has 1 aliphatic heterocycles. The molecular weight excluding hydrogens is 306 g/mol. The summed E-state index contributed by atoms with van der Waals surface area (Å²) in [5, 5.41) is 6.60. The predicted octanol–water partition coefficient (Wildman–Crippen LogP) is 1.69. The minimum absolute atomic E-state index is 0.0203. The lowest BCUT2D eigenvalue weighted by atomic mass is 10.1.